The number of methoxy groups -OCH3 is 1. The molecule has 4 heteroatoms. The lowest BCUT2D eigenvalue weighted by Crippen LogP contribution is -2.32. The van der Waals surface area contributed by atoms with Crippen LogP contribution in [0.5, 0.6) is 0 Å². The van der Waals surface area contributed by atoms with Crippen LogP contribution in [0.15, 0.2) is 0 Å². The van der Waals surface area contributed by atoms with Gasteiger partial charge < -0.3 is 4.74 Å². The highest BCUT2D eigenvalue weighted by atomic mass is 16.5. The van der Waals surface area contributed by atoms with Gasteiger partial charge in [-0.2, -0.15) is 0 Å². The Morgan fingerprint density at radius 1 is 1.25 bits per heavy atom. The molecule has 0 aromatic carbocycles. The van der Waals surface area contributed by atoms with Crippen molar-refractivity contribution >= 4 is 17.5 Å². The lowest BCUT2D eigenvalue weighted by molar-refractivity contribution is -0.151. The van der Waals surface area contributed by atoms with E-state index >= 15 is 0 Å². The zero-order valence-electron chi connectivity index (χ0n) is 10.6. The van der Waals surface area contributed by atoms with Crippen molar-refractivity contribution in [3.8, 4) is 0 Å². The average Bonchev–Trinajstić information content (AvgIpc) is 2.23. The Labute approximate surface area is 96.4 Å². The van der Waals surface area contributed by atoms with Crippen LogP contribution in [0.25, 0.3) is 0 Å². The number of hydrogen-bond donors (Lipinski definition) is 0. The molecule has 0 amide bonds. The van der Waals surface area contributed by atoms with Crippen LogP contribution in [0, 0.1) is 11.3 Å². The predicted octanol–water partition coefficient (Wildman–Crippen LogP) is 1.76. The molecule has 0 aliphatic rings. The summed E-state index contributed by atoms with van der Waals surface area (Å²) in [6.45, 7) is 6.82. The van der Waals surface area contributed by atoms with Crippen molar-refractivity contribution in [3.05, 3.63) is 0 Å². The third-order valence-electron chi connectivity index (χ3n) is 3.00. The maximum absolute atomic E-state index is 11.9. The Morgan fingerprint density at radius 3 is 2.06 bits per heavy atom. The van der Waals surface area contributed by atoms with Gasteiger partial charge in [0, 0.05) is 11.8 Å². The molecule has 0 rings (SSSR count). The second kappa shape index (κ2) is 5.77. The van der Waals surface area contributed by atoms with E-state index in [2.05, 4.69) is 4.74 Å². The minimum Gasteiger partial charge on any atom is -0.468 e. The molecule has 1 atom stereocenters. The molecule has 0 bridgehead atoms. The summed E-state index contributed by atoms with van der Waals surface area (Å²) in [6.07, 6.45) is 0.612. The van der Waals surface area contributed by atoms with E-state index in [1.54, 1.807) is 0 Å². The number of ketones is 2. The molecule has 0 aliphatic carbocycles. The molecular weight excluding hydrogens is 208 g/mol. The summed E-state index contributed by atoms with van der Waals surface area (Å²) in [7, 11) is 1.22. The van der Waals surface area contributed by atoms with Crippen molar-refractivity contribution in [2.24, 2.45) is 11.3 Å². The first-order chi connectivity index (χ1) is 7.26. The van der Waals surface area contributed by atoms with Gasteiger partial charge in [0.25, 0.3) is 0 Å². The van der Waals surface area contributed by atoms with Crippen LogP contribution < -0.4 is 0 Å². The van der Waals surface area contributed by atoms with Crippen LogP contribution >= 0.6 is 0 Å². The van der Waals surface area contributed by atoms with Gasteiger partial charge in [0.1, 0.15) is 17.5 Å². The fourth-order valence-corrected chi connectivity index (χ4v) is 1.19. The SMILES string of the molecule is CCC(C)(C)C(=O)CC(C(C)=O)C(=O)OC. The summed E-state index contributed by atoms with van der Waals surface area (Å²) < 4.78 is 4.51. The molecule has 0 spiro atoms. The molecule has 16 heavy (non-hydrogen) atoms. The van der Waals surface area contributed by atoms with Gasteiger partial charge >= 0.3 is 5.97 Å². The number of esters is 1. The zero-order valence-corrected chi connectivity index (χ0v) is 10.6. The third-order valence-corrected chi connectivity index (χ3v) is 3.00. The quantitative estimate of drug-likeness (QED) is 0.513. The van der Waals surface area contributed by atoms with Gasteiger partial charge in [0.05, 0.1) is 7.11 Å². The summed E-state index contributed by atoms with van der Waals surface area (Å²) in [4.78, 5) is 34.4. The molecule has 0 saturated heterocycles. The van der Waals surface area contributed by atoms with Crippen LogP contribution in [0.1, 0.15) is 40.5 Å². The maximum atomic E-state index is 11.9. The number of hydrogen-bond acceptors (Lipinski definition) is 4. The van der Waals surface area contributed by atoms with Gasteiger partial charge in [0.2, 0.25) is 0 Å². The number of Topliss-reactive ketones (excluding diaryl/α,β-unsaturated/α-hetero) is 2. The Hall–Kier alpha value is -1.19. The van der Waals surface area contributed by atoms with Gasteiger partial charge in [-0.3, -0.25) is 14.4 Å². The molecule has 92 valence electrons. The number of carbonyl (C=O) groups is 3. The highest BCUT2D eigenvalue weighted by molar-refractivity contribution is 6.02. The van der Waals surface area contributed by atoms with Crippen molar-refractivity contribution in [1.82, 2.24) is 0 Å². The van der Waals surface area contributed by atoms with Crippen molar-refractivity contribution < 1.29 is 19.1 Å². The second-order valence-corrected chi connectivity index (χ2v) is 4.55. The first kappa shape index (κ1) is 14.8. The van der Waals surface area contributed by atoms with Crippen LogP contribution in [-0.2, 0) is 19.1 Å². The first-order valence-electron chi connectivity index (χ1n) is 5.37. The van der Waals surface area contributed by atoms with Crippen molar-refractivity contribution in [2.45, 2.75) is 40.5 Å². The molecule has 0 aromatic heterocycles. The molecule has 1 unspecified atom stereocenters. The lowest BCUT2D eigenvalue weighted by Gasteiger charge is -2.22. The van der Waals surface area contributed by atoms with Crippen LogP contribution in [0.4, 0.5) is 0 Å². The Bertz CT molecular complexity index is 291. The van der Waals surface area contributed by atoms with Crippen LogP contribution in [0.2, 0.25) is 0 Å². The van der Waals surface area contributed by atoms with Crippen LogP contribution in [-0.4, -0.2) is 24.6 Å². The molecule has 0 aromatic rings. The van der Waals surface area contributed by atoms with Crippen molar-refractivity contribution in [3.63, 3.8) is 0 Å². The zero-order chi connectivity index (χ0) is 12.9. The second-order valence-electron chi connectivity index (χ2n) is 4.55. The molecule has 0 aliphatic heterocycles. The van der Waals surface area contributed by atoms with Gasteiger partial charge in [0.15, 0.2) is 0 Å². The highest BCUT2D eigenvalue weighted by Crippen LogP contribution is 2.25. The third kappa shape index (κ3) is 3.76. The van der Waals surface area contributed by atoms with E-state index < -0.39 is 17.3 Å². The van der Waals surface area contributed by atoms with Gasteiger partial charge in [-0.25, -0.2) is 0 Å². The summed E-state index contributed by atoms with van der Waals surface area (Å²) in [5.41, 5.74) is -0.498. The molecule has 0 fully saturated rings. The topological polar surface area (TPSA) is 60.4 Å². The standard InChI is InChI=1S/C12H20O4/c1-6-12(3,4)10(14)7-9(8(2)13)11(15)16-5/h9H,6-7H2,1-5H3. The smallest absolute Gasteiger partial charge is 0.316 e. The number of rotatable bonds is 6. The van der Waals surface area contributed by atoms with E-state index in [0.717, 1.165) is 0 Å². The summed E-state index contributed by atoms with van der Waals surface area (Å²) in [5.74, 6) is -2.00. The summed E-state index contributed by atoms with van der Waals surface area (Å²) in [5, 5.41) is 0. The van der Waals surface area contributed by atoms with Crippen LogP contribution in [0.3, 0.4) is 0 Å². The monoisotopic (exact) mass is 228 g/mol. The fraction of sp³-hybridized carbons (Fsp3) is 0.750. The Kier molecular flexibility index (Phi) is 5.35. The van der Waals surface area contributed by atoms with E-state index in [4.69, 9.17) is 0 Å². The van der Waals surface area contributed by atoms with E-state index in [1.807, 2.05) is 20.8 Å². The first-order valence-corrected chi connectivity index (χ1v) is 5.37. The molecular formula is C12H20O4. The Balaban J connectivity index is 4.72. The predicted molar refractivity (Wildman–Crippen MR) is 59.9 cm³/mol. The van der Waals surface area contributed by atoms with E-state index in [0.29, 0.717) is 6.42 Å². The number of ether oxygens (including phenoxy) is 1. The van der Waals surface area contributed by atoms with E-state index in [9.17, 15) is 14.4 Å². The minimum atomic E-state index is -0.955. The molecule has 0 N–H and O–H groups in total. The Morgan fingerprint density at radius 2 is 1.75 bits per heavy atom. The molecule has 0 heterocycles. The van der Waals surface area contributed by atoms with Crippen molar-refractivity contribution in [1.29, 1.82) is 0 Å². The molecule has 0 radical (unpaired) electrons. The summed E-state index contributed by atoms with van der Waals surface area (Å²) in [6, 6.07) is 0. The van der Waals surface area contributed by atoms with E-state index in [-0.39, 0.29) is 18.0 Å². The normalized spacial score (nSPS) is 13.1. The van der Waals surface area contributed by atoms with E-state index in [1.165, 1.54) is 14.0 Å². The van der Waals surface area contributed by atoms with Crippen molar-refractivity contribution in [2.75, 3.05) is 7.11 Å². The average molecular weight is 228 g/mol. The molecule has 4 nitrogen and oxygen atoms in total. The minimum absolute atomic E-state index is 0.0666. The largest absolute Gasteiger partial charge is 0.468 e. The molecule has 0 saturated carbocycles. The number of carbonyl (C=O) groups excluding carboxylic acids is 3. The lowest BCUT2D eigenvalue weighted by atomic mass is 9.80. The van der Waals surface area contributed by atoms with Gasteiger partial charge in [-0.05, 0) is 13.3 Å². The van der Waals surface area contributed by atoms with Gasteiger partial charge in [-0.15, -0.1) is 0 Å². The summed E-state index contributed by atoms with van der Waals surface area (Å²) >= 11 is 0. The highest BCUT2D eigenvalue weighted by Gasteiger charge is 2.33. The maximum Gasteiger partial charge on any atom is 0.316 e. The van der Waals surface area contributed by atoms with Gasteiger partial charge in [-0.1, -0.05) is 20.8 Å². The fourth-order valence-electron chi connectivity index (χ4n) is 1.19.